The summed E-state index contributed by atoms with van der Waals surface area (Å²) in [6.45, 7) is 1.81. The summed E-state index contributed by atoms with van der Waals surface area (Å²) >= 11 is 0. The largest absolute Gasteiger partial charge is 0.619 e. The zero-order valence-corrected chi connectivity index (χ0v) is 11.3. The van der Waals surface area contributed by atoms with Gasteiger partial charge in [-0.25, -0.2) is 4.39 Å². The average molecular weight is 278 g/mol. The topological polar surface area (TPSA) is 50.7 Å². The highest BCUT2D eigenvalue weighted by Crippen LogP contribution is 2.32. The summed E-state index contributed by atoms with van der Waals surface area (Å²) in [4.78, 5) is 0. The highest BCUT2D eigenvalue weighted by atomic mass is 19.1. The van der Waals surface area contributed by atoms with Crippen molar-refractivity contribution in [1.29, 1.82) is 5.26 Å². The Morgan fingerprint density at radius 2 is 2.00 bits per heavy atom. The second kappa shape index (κ2) is 4.88. The molecule has 0 aliphatic rings. The van der Waals surface area contributed by atoms with Crippen molar-refractivity contribution >= 4 is 10.8 Å². The van der Waals surface area contributed by atoms with E-state index in [9.17, 15) is 14.9 Å². The standard InChI is InChI=1S/C17H11FN2O/c1-11-3-2-4-16(18)17(11)15-8-12-5-6-20(21)10-14(12)7-13(15)9-19/h2-8,10H,1H3. The monoisotopic (exact) mass is 278 g/mol. The smallest absolute Gasteiger partial charge is 0.188 e. The van der Waals surface area contributed by atoms with E-state index in [0.29, 0.717) is 26.8 Å². The van der Waals surface area contributed by atoms with Gasteiger partial charge in [0.2, 0.25) is 0 Å². The molecular formula is C17H11FN2O. The van der Waals surface area contributed by atoms with E-state index in [1.165, 1.54) is 18.5 Å². The number of rotatable bonds is 1. The van der Waals surface area contributed by atoms with E-state index in [2.05, 4.69) is 6.07 Å². The highest BCUT2D eigenvalue weighted by Gasteiger charge is 2.14. The maximum atomic E-state index is 14.2. The van der Waals surface area contributed by atoms with Gasteiger partial charge in [0.15, 0.2) is 12.4 Å². The third-order valence-electron chi connectivity index (χ3n) is 3.50. The number of pyridine rings is 1. The number of hydrogen-bond donors (Lipinski definition) is 0. The van der Waals surface area contributed by atoms with Crippen molar-refractivity contribution in [2.75, 3.05) is 0 Å². The number of aryl methyl sites for hydroxylation is 1. The Kier molecular flexibility index (Phi) is 3.03. The second-order valence-electron chi connectivity index (χ2n) is 4.87. The minimum absolute atomic E-state index is 0.349. The molecule has 0 aliphatic heterocycles. The lowest BCUT2D eigenvalue weighted by atomic mass is 9.93. The van der Waals surface area contributed by atoms with Crippen LogP contribution in [-0.4, -0.2) is 0 Å². The Balaban J connectivity index is 2.37. The van der Waals surface area contributed by atoms with Gasteiger partial charge in [-0.2, -0.15) is 9.99 Å². The van der Waals surface area contributed by atoms with Gasteiger partial charge in [-0.3, -0.25) is 0 Å². The number of hydrogen-bond acceptors (Lipinski definition) is 2. The van der Waals surface area contributed by atoms with Crippen LogP contribution in [0.5, 0.6) is 0 Å². The van der Waals surface area contributed by atoms with E-state index >= 15 is 0 Å². The number of fused-ring (bicyclic) bond motifs is 1. The molecule has 0 fully saturated rings. The van der Waals surface area contributed by atoms with E-state index in [1.54, 1.807) is 37.3 Å². The molecule has 0 radical (unpaired) electrons. The van der Waals surface area contributed by atoms with Crippen LogP contribution < -0.4 is 4.73 Å². The first-order valence-electron chi connectivity index (χ1n) is 6.42. The molecule has 0 saturated carbocycles. The predicted molar refractivity (Wildman–Crippen MR) is 77.8 cm³/mol. The van der Waals surface area contributed by atoms with Crippen LogP contribution >= 0.6 is 0 Å². The molecule has 0 unspecified atom stereocenters. The van der Waals surface area contributed by atoms with Gasteiger partial charge >= 0.3 is 0 Å². The first kappa shape index (κ1) is 13.1. The lowest BCUT2D eigenvalue weighted by molar-refractivity contribution is -0.603. The number of nitriles is 1. The molecular weight excluding hydrogens is 267 g/mol. The summed E-state index contributed by atoms with van der Waals surface area (Å²) in [5.41, 5.74) is 2.08. The fourth-order valence-corrected chi connectivity index (χ4v) is 2.50. The molecule has 21 heavy (non-hydrogen) atoms. The fourth-order valence-electron chi connectivity index (χ4n) is 2.50. The summed E-state index contributed by atoms with van der Waals surface area (Å²) in [5, 5.41) is 22.1. The van der Waals surface area contributed by atoms with Crippen molar-refractivity contribution in [3.8, 4) is 17.2 Å². The van der Waals surface area contributed by atoms with E-state index in [0.717, 1.165) is 10.9 Å². The molecule has 1 heterocycles. The summed E-state index contributed by atoms with van der Waals surface area (Å²) in [6.07, 6.45) is 2.78. The molecule has 0 amide bonds. The molecule has 4 heteroatoms. The van der Waals surface area contributed by atoms with Crippen LogP contribution in [0.15, 0.2) is 48.8 Å². The zero-order chi connectivity index (χ0) is 15.0. The molecule has 3 nitrogen and oxygen atoms in total. The lowest BCUT2D eigenvalue weighted by Crippen LogP contribution is -2.23. The lowest BCUT2D eigenvalue weighted by Gasteiger charge is -2.10. The van der Waals surface area contributed by atoms with Crippen LogP contribution in [0.4, 0.5) is 4.39 Å². The SMILES string of the molecule is Cc1cccc(F)c1-c1cc2cc[n+]([O-])cc2cc1C#N. The van der Waals surface area contributed by atoms with Crippen LogP contribution in [0.25, 0.3) is 21.9 Å². The molecule has 0 atom stereocenters. The Morgan fingerprint density at radius 1 is 1.19 bits per heavy atom. The first-order chi connectivity index (χ1) is 10.1. The molecule has 0 bridgehead atoms. The minimum Gasteiger partial charge on any atom is -0.619 e. The highest BCUT2D eigenvalue weighted by molar-refractivity contribution is 5.90. The van der Waals surface area contributed by atoms with Crippen molar-refractivity contribution in [2.45, 2.75) is 6.92 Å². The van der Waals surface area contributed by atoms with E-state index < -0.39 is 0 Å². The maximum Gasteiger partial charge on any atom is 0.188 e. The van der Waals surface area contributed by atoms with Gasteiger partial charge in [0.25, 0.3) is 0 Å². The summed E-state index contributed by atoms with van der Waals surface area (Å²) in [5.74, 6) is -0.360. The van der Waals surface area contributed by atoms with Crippen LogP contribution in [0.3, 0.4) is 0 Å². The van der Waals surface area contributed by atoms with Crippen molar-refractivity contribution in [3.05, 3.63) is 70.9 Å². The third kappa shape index (κ3) is 2.19. The molecule has 0 aliphatic carbocycles. The fraction of sp³-hybridized carbons (Fsp3) is 0.0588. The normalized spacial score (nSPS) is 10.5. The van der Waals surface area contributed by atoms with Gasteiger partial charge in [-0.15, -0.1) is 0 Å². The molecule has 0 spiro atoms. The summed E-state index contributed by atoms with van der Waals surface area (Å²) in [7, 11) is 0. The Morgan fingerprint density at radius 3 is 2.71 bits per heavy atom. The Labute approximate surface area is 121 Å². The van der Waals surface area contributed by atoms with Crippen molar-refractivity contribution in [3.63, 3.8) is 0 Å². The number of aromatic nitrogens is 1. The molecule has 1 aromatic heterocycles. The molecule has 102 valence electrons. The molecule has 3 rings (SSSR count). The van der Waals surface area contributed by atoms with Gasteiger partial charge in [0.05, 0.1) is 11.6 Å². The van der Waals surface area contributed by atoms with Gasteiger partial charge in [-0.05, 0) is 36.1 Å². The van der Waals surface area contributed by atoms with E-state index in [1.807, 2.05) is 0 Å². The number of halogens is 1. The van der Waals surface area contributed by atoms with Crippen LogP contribution in [0.1, 0.15) is 11.1 Å². The van der Waals surface area contributed by atoms with Crippen molar-refractivity contribution in [1.82, 2.24) is 0 Å². The zero-order valence-electron chi connectivity index (χ0n) is 11.3. The van der Waals surface area contributed by atoms with Crippen LogP contribution in [0.2, 0.25) is 0 Å². The van der Waals surface area contributed by atoms with Crippen LogP contribution in [0, 0.1) is 29.3 Å². The molecule has 0 saturated heterocycles. The predicted octanol–water partition coefficient (Wildman–Crippen LogP) is 3.46. The molecule has 3 aromatic rings. The van der Waals surface area contributed by atoms with Gasteiger partial charge in [0.1, 0.15) is 5.82 Å². The Hall–Kier alpha value is -2.93. The quantitative estimate of drug-likeness (QED) is 0.505. The van der Waals surface area contributed by atoms with E-state index in [-0.39, 0.29) is 5.82 Å². The minimum atomic E-state index is -0.360. The van der Waals surface area contributed by atoms with Crippen LogP contribution in [-0.2, 0) is 0 Å². The summed E-state index contributed by atoms with van der Waals surface area (Å²) < 4.78 is 14.8. The second-order valence-corrected chi connectivity index (χ2v) is 4.87. The van der Waals surface area contributed by atoms with Crippen molar-refractivity contribution in [2.24, 2.45) is 0 Å². The Bertz CT molecular complexity index is 877. The third-order valence-corrected chi connectivity index (χ3v) is 3.50. The number of nitrogens with zero attached hydrogens (tertiary/aromatic N) is 2. The van der Waals surface area contributed by atoms with Gasteiger partial charge in [-0.1, -0.05) is 12.1 Å². The first-order valence-corrected chi connectivity index (χ1v) is 6.42. The average Bonchev–Trinajstić information content (AvgIpc) is 2.46. The van der Waals surface area contributed by atoms with Gasteiger partial charge < -0.3 is 5.21 Å². The van der Waals surface area contributed by atoms with Gasteiger partial charge in [0, 0.05) is 22.6 Å². The van der Waals surface area contributed by atoms with E-state index in [4.69, 9.17) is 0 Å². The molecule has 2 aromatic carbocycles. The number of benzene rings is 2. The maximum absolute atomic E-state index is 14.2. The summed E-state index contributed by atoms with van der Waals surface area (Å²) in [6, 6.07) is 11.9. The van der Waals surface area contributed by atoms with Crippen molar-refractivity contribution < 1.29 is 9.12 Å². The molecule has 0 N–H and O–H groups in total.